The van der Waals surface area contributed by atoms with Crippen molar-refractivity contribution in [2.24, 2.45) is 0 Å². The molecule has 0 aliphatic carbocycles. The van der Waals surface area contributed by atoms with E-state index in [0.717, 1.165) is 22.4 Å². The van der Waals surface area contributed by atoms with Crippen LogP contribution in [0.4, 0.5) is 11.4 Å². The minimum atomic E-state index is -0.151. The van der Waals surface area contributed by atoms with Crippen molar-refractivity contribution in [3.05, 3.63) is 59.2 Å². The highest BCUT2D eigenvalue weighted by Crippen LogP contribution is 2.38. The molecule has 3 rings (SSSR count). The van der Waals surface area contributed by atoms with E-state index < -0.39 is 0 Å². The summed E-state index contributed by atoms with van der Waals surface area (Å²) < 4.78 is 0. The number of fused-ring (bicyclic) bond motifs is 1. The van der Waals surface area contributed by atoms with E-state index in [2.05, 4.69) is 22.5 Å². The molecular weight excluding hydrogens is 328 g/mol. The Labute approximate surface area is 152 Å². The number of hydrogen-bond donors (Lipinski definition) is 3. The van der Waals surface area contributed by atoms with Crippen molar-refractivity contribution in [2.45, 2.75) is 25.7 Å². The number of aliphatic hydroxyl groups excluding tert-OH is 1. The molecule has 0 saturated heterocycles. The molecule has 5 heteroatoms. The Bertz CT molecular complexity index is 892. The normalized spacial score (nSPS) is 15.3. The van der Waals surface area contributed by atoms with Gasteiger partial charge in [-0.3, -0.25) is 9.59 Å². The molecule has 0 aromatic heterocycles. The summed E-state index contributed by atoms with van der Waals surface area (Å²) >= 11 is 0. The summed E-state index contributed by atoms with van der Waals surface area (Å²) in [6.07, 6.45) is 0.830. The Kier molecular flexibility index (Phi) is 5.35. The molecule has 2 aromatic rings. The van der Waals surface area contributed by atoms with Crippen LogP contribution in [0.15, 0.2) is 42.5 Å². The van der Waals surface area contributed by atoms with Gasteiger partial charge in [0, 0.05) is 42.6 Å². The predicted molar refractivity (Wildman–Crippen MR) is 101 cm³/mol. The van der Waals surface area contributed by atoms with Crippen LogP contribution in [0.3, 0.4) is 0 Å². The van der Waals surface area contributed by atoms with Crippen molar-refractivity contribution < 1.29 is 14.7 Å². The van der Waals surface area contributed by atoms with Crippen LogP contribution in [0, 0.1) is 11.8 Å². The molecule has 1 heterocycles. The summed E-state index contributed by atoms with van der Waals surface area (Å²) in [4.78, 5) is 23.4. The zero-order valence-electron chi connectivity index (χ0n) is 14.5. The molecule has 0 saturated carbocycles. The summed E-state index contributed by atoms with van der Waals surface area (Å²) in [5.74, 6) is 5.66. The van der Waals surface area contributed by atoms with Crippen molar-refractivity contribution in [1.29, 1.82) is 0 Å². The first-order valence-corrected chi connectivity index (χ1v) is 8.48. The van der Waals surface area contributed by atoms with Gasteiger partial charge in [-0.05, 0) is 35.4 Å². The fourth-order valence-corrected chi connectivity index (χ4v) is 3.06. The largest absolute Gasteiger partial charge is 0.395 e. The highest BCUT2D eigenvalue weighted by molar-refractivity contribution is 5.97. The lowest BCUT2D eigenvalue weighted by Crippen LogP contribution is -2.23. The summed E-state index contributed by atoms with van der Waals surface area (Å²) in [6, 6.07) is 13.4. The summed E-state index contributed by atoms with van der Waals surface area (Å²) in [5, 5.41) is 14.4. The molecule has 0 spiro atoms. The lowest BCUT2D eigenvalue weighted by molar-refractivity contribution is -0.116. The second-order valence-electron chi connectivity index (χ2n) is 6.19. The standard InChI is InChI=1S/C21H20N2O3/c1-14(25)22-17-9-10-18-19(13-21(26)23-20(18)12-17)16-7-5-15(6-8-16)4-2-3-11-24/h5-10,12,19,24H,3,11,13H2,1H3,(H,22,25)(H,23,26)/t19-/m0/s1. The van der Waals surface area contributed by atoms with E-state index in [0.29, 0.717) is 18.5 Å². The van der Waals surface area contributed by atoms with Crippen molar-refractivity contribution >= 4 is 23.2 Å². The van der Waals surface area contributed by atoms with E-state index >= 15 is 0 Å². The monoisotopic (exact) mass is 348 g/mol. The van der Waals surface area contributed by atoms with Gasteiger partial charge in [0.2, 0.25) is 11.8 Å². The number of anilines is 2. The Morgan fingerprint density at radius 1 is 1.27 bits per heavy atom. The van der Waals surface area contributed by atoms with E-state index in [1.807, 2.05) is 36.4 Å². The van der Waals surface area contributed by atoms with Crippen LogP contribution in [0.5, 0.6) is 0 Å². The van der Waals surface area contributed by atoms with Crippen molar-refractivity contribution in [3.8, 4) is 11.8 Å². The summed E-state index contributed by atoms with van der Waals surface area (Å²) in [5.41, 5.74) is 4.33. The van der Waals surface area contributed by atoms with Gasteiger partial charge in [-0.15, -0.1) is 0 Å². The van der Waals surface area contributed by atoms with Gasteiger partial charge in [-0.25, -0.2) is 0 Å². The maximum atomic E-state index is 12.1. The first-order chi connectivity index (χ1) is 12.6. The predicted octanol–water partition coefficient (Wildman–Crippen LogP) is 2.85. The van der Waals surface area contributed by atoms with Gasteiger partial charge < -0.3 is 15.7 Å². The fourth-order valence-electron chi connectivity index (χ4n) is 3.06. The Morgan fingerprint density at radius 2 is 2.04 bits per heavy atom. The van der Waals surface area contributed by atoms with Gasteiger partial charge in [0.25, 0.3) is 0 Å². The molecule has 5 nitrogen and oxygen atoms in total. The third-order valence-electron chi connectivity index (χ3n) is 4.20. The Balaban J connectivity index is 1.89. The third-order valence-corrected chi connectivity index (χ3v) is 4.20. The lowest BCUT2D eigenvalue weighted by Gasteiger charge is -2.26. The number of amides is 2. The number of benzene rings is 2. The average Bonchev–Trinajstić information content (AvgIpc) is 2.61. The number of rotatable bonds is 3. The van der Waals surface area contributed by atoms with Crippen LogP contribution in [-0.2, 0) is 9.59 Å². The van der Waals surface area contributed by atoms with Crippen LogP contribution < -0.4 is 10.6 Å². The molecule has 0 bridgehead atoms. The van der Waals surface area contributed by atoms with Gasteiger partial charge >= 0.3 is 0 Å². The second-order valence-corrected chi connectivity index (χ2v) is 6.19. The molecule has 1 aliphatic heterocycles. The van der Waals surface area contributed by atoms with E-state index in [1.165, 1.54) is 6.92 Å². The van der Waals surface area contributed by atoms with Crippen LogP contribution >= 0.6 is 0 Å². The molecule has 0 fully saturated rings. The van der Waals surface area contributed by atoms with E-state index in [-0.39, 0.29) is 24.3 Å². The number of nitrogens with one attached hydrogen (secondary N) is 2. The zero-order valence-corrected chi connectivity index (χ0v) is 14.5. The topological polar surface area (TPSA) is 78.4 Å². The average molecular weight is 348 g/mol. The lowest BCUT2D eigenvalue weighted by atomic mass is 9.84. The van der Waals surface area contributed by atoms with Crippen molar-refractivity contribution in [3.63, 3.8) is 0 Å². The molecule has 0 unspecified atom stereocenters. The zero-order chi connectivity index (χ0) is 18.5. The molecule has 26 heavy (non-hydrogen) atoms. The highest BCUT2D eigenvalue weighted by Gasteiger charge is 2.26. The second kappa shape index (κ2) is 7.85. The molecule has 3 N–H and O–H groups in total. The van der Waals surface area contributed by atoms with Gasteiger partial charge in [-0.2, -0.15) is 0 Å². The van der Waals surface area contributed by atoms with Crippen molar-refractivity contribution in [2.75, 3.05) is 17.2 Å². The van der Waals surface area contributed by atoms with Crippen LogP contribution in [-0.4, -0.2) is 23.5 Å². The maximum absolute atomic E-state index is 12.1. The molecule has 1 aliphatic rings. The first kappa shape index (κ1) is 17.7. The Morgan fingerprint density at radius 3 is 2.73 bits per heavy atom. The van der Waals surface area contributed by atoms with Gasteiger partial charge in [0.15, 0.2) is 0 Å². The highest BCUT2D eigenvalue weighted by atomic mass is 16.2. The Hall–Kier alpha value is -3.10. The molecule has 2 aromatic carbocycles. The smallest absolute Gasteiger partial charge is 0.225 e. The molecular formula is C21H20N2O3. The first-order valence-electron chi connectivity index (χ1n) is 8.48. The molecule has 0 radical (unpaired) electrons. The number of hydrogen-bond acceptors (Lipinski definition) is 3. The minimum Gasteiger partial charge on any atom is -0.395 e. The fraction of sp³-hybridized carbons (Fsp3) is 0.238. The van der Waals surface area contributed by atoms with E-state index in [4.69, 9.17) is 5.11 Å². The van der Waals surface area contributed by atoms with Crippen LogP contribution in [0.25, 0.3) is 0 Å². The van der Waals surface area contributed by atoms with Gasteiger partial charge in [-0.1, -0.05) is 30.0 Å². The van der Waals surface area contributed by atoms with E-state index in [9.17, 15) is 9.59 Å². The van der Waals surface area contributed by atoms with E-state index in [1.54, 1.807) is 6.07 Å². The van der Waals surface area contributed by atoms with Crippen LogP contribution in [0.2, 0.25) is 0 Å². The van der Waals surface area contributed by atoms with Crippen molar-refractivity contribution in [1.82, 2.24) is 0 Å². The number of carbonyl (C=O) groups is 2. The maximum Gasteiger partial charge on any atom is 0.225 e. The summed E-state index contributed by atoms with van der Waals surface area (Å²) in [6.45, 7) is 1.51. The third kappa shape index (κ3) is 4.11. The van der Waals surface area contributed by atoms with Gasteiger partial charge in [0.1, 0.15) is 0 Å². The minimum absolute atomic E-state index is 0.0374. The quantitative estimate of drug-likeness (QED) is 0.747. The van der Waals surface area contributed by atoms with Crippen LogP contribution in [0.1, 0.15) is 42.4 Å². The molecule has 2 amide bonds. The number of aliphatic hydroxyl groups is 1. The molecule has 132 valence electrons. The SMILES string of the molecule is CC(=O)Nc1ccc2c(c1)NC(=O)C[C@H]2c1ccc(C#CCCO)cc1. The molecule has 1 atom stereocenters. The summed E-state index contributed by atoms with van der Waals surface area (Å²) in [7, 11) is 0. The van der Waals surface area contributed by atoms with Gasteiger partial charge in [0.05, 0.1) is 6.61 Å². The number of carbonyl (C=O) groups excluding carboxylic acids is 2.